The number of anilines is 1. The van der Waals surface area contributed by atoms with Crippen LogP contribution in [0.15, 0.2) is 30.3 Å². The van der Waals surface area contributed by atoms with E-state index in [2.05, 4.69) is 5.32 Å². The normalized spacial score (nSPS) is 12.2. The Morgan fingerprint density at radius 3 is 2.75 bits per heavy atom. The molecule has 0 fully saturated rings. The van der Waals surface area contributed by atoms with Gasteiger partial charge in [-0.2, -0.15) is 0 Å². The van der Waals surface area contributed by atoms with Crippen LogP contribution in [0, 0.1) is 17.0 Å². The highest BCUT2D eigenvalue weighted by atomic mass is 35.5. The van der Waals surface area contributed by atoms with E-state index in [0.717, 1.165) is 0 Å². The van der Waals surface area contributed by atoms with E-state index in [0.29, 0.717) is 30.3 Å². The number of hydrogen-bond donors (Lipinski definition) is 1. The van der Waals surface area contributed by atoms with Gasteiger partial charge in [0, 0.05) is 17.3 Å². The van der Waals surface area contributed by atoms with Crippen molar-refractivity contribution in [1.82, 2.24) is 0 Å². The first kappa shape index (κ1) is 19.4. The molecule has 10 heteroatoms. The van der Waals surface area contributed by atoms with Crippen LogP contribution in [-0.4, -0.2) is 36.6 Å². The van der Waals surface area contributed by atoms with Crippen molar-refractivity contribution < 1.29 is 28.7 Å². The number of amides is 1. The molecule has 1 aliphatic heterocycles. The third-order valence-corrected chi connectivity index (χ3v) is 4.14. The lowest BCUT2D eigenvalue weighted by molar-refractivity contribution is -0.385. The van der Waals surface area contributed by atoms with Crippen molar-refractivity contribution in [2.24, 2.45) is 0 Å². The maximum Gasteiger partial charge on any atom is 0.338 e. The summed E-state index contributed by atoms with van der Waals surface area (Å²) in [5.74, 6) is -0.746. The highest BCUT2D eigenvalue weighted by Gasteiger charge is 2.20. The van der Waals surface area contributed by atoms with Gasteiger partial charge in [-0.1, -0.05) is 17.7 Å². The molecule has 0 bridgehead atoms. The lowest BCUT2D eigenvalue weighted by Crippen LogP contribution is -2.21. The second-order valence-corrected chi connectivity index (χ2v) is 6.27. The summed E-state index contributed by atoms with van der Waals surface area (Å²) in [5, 5.41) is 13.6. The number of halogens is 1. The minimum atomic E-state index is -0.774. The minimum absolute atomic E-state index is 0.105. The molecule has 2 aromatic carbocycles. The molecule has 28 heavy (non-hydrogen) atoms. The Hall–Kier alpha value is -3.33. The van der Waals surface area contributed by atoms with Crippen LogP contribution in [0.5, 0.6) is 11.5 Å². The first-order valence-corrected chi connectivity index (χ1v) is 8.54. The molecular weight excluding hydrogens is 392 g/mol. The van der Waals surface area contributed by atoms with Gasteiger partial charge in [0.1, 0.15) is 13.2 Å². The number of esters is 1. The van der Waals surface area contributed by atoms with Gasteiger partial charge in [0.25, 0.3) is 11.6 Å². The predicted octanol–water partition coefficient (Wildman–Crippen LogP) is 3.12. The van der Waals surface area contributed by atoms with E-state index in [9.17, 15) is 19.7 Å². The third-order valence-electron chi connectivity index (χ3n) is 3.86. The van der Waals surface area contributed by atoms with Crippen molar-refractivity contribution in [2.45, 2.75) is 6.92 Å². The van der Waals surface area contributed by atoms with Crippen LogP contribution in [0.1, 0.15) is 15.9 Å². The molecule has 2 aromatic rings. The molecule has 0 aliphatic carbocycles. The van der Waals surface area contributed by atoms with Crippen LogP contribution >= 0.6 is 11.6 Å². The minimum Gasteiger partial charge on any atom is -0.486 e. The number of carbonyl (C=O) groups excluding carboxylic acids is 2. The van der Waals surface area contributed by atoms with E-state index in [4.69, 9.17) is 25.8 Å². The van der Waals surface area contributed by atoms with Gasteiger partial charge in [-0.3, -0.25) is 14.9 Å². The molecule has 0 unspecified atom stereocenters. The van der Waals surface area contributed by atoms with Crippen LogP contribution in [0.4, 0.5) is 11.4 Å². The summed E-state index contributed by atoms with van der Waals surface area (Å²) in [7, 11) is 0. The number of benzene rings is 2. The van der Waals surface area contributed by atoms with Crippen LogP contribution in [0.3, 0.4) is 0 Å². The lowest BCUT2D eigenvalue weighted by Gasteiger charge is -2.19. The SMILES string of the molecule is Cc1ccc(NC(=O)COC(=O)c2cc(Cl)c3c(c2)OCCO3)cc1[N+](=O)[O-]. The third kappa shape index (κ3) is 4.32. The lowest BCUT2D eigenvalue weighted by atomic mass is 10.2. The molecule has 3 rings (SSSR count). The Balaban J connectivity index is 1.62. The molecule has 0 saturated carbocycles. The maximum atomic E-state index is 12.2. The number of fused-ring (bicyclic) bond motifs is 1. The van der Waals surface area contributed by atoms with Crippen molar-refractivity contribution in [3.8, 4) is 11.5 Å². The Labute approximate surface area is 164 Å². The summed E-state index contributed by atoms with van der Waals surface area (Å²) < 4.78 is 15.7. The van der Waals surface area contributed by atoms with Gasteiger partial charge in [-0.25, -0.2) is 4.79 Å². The number of nitro groups is 1. The quantitative estimate of drug-likeness (QED) is 0.460. The van der Waals surface area contributed by atoms with Crippen molar-refractivity contribution in [2.75, 3.05) is 25.1 Å². The summed E-state index contributed by atoms with van der Waals surface area (Å²) in [6.07, 6.45) is 0. The van der Waals surface area contributed by atoms with Crippen molar-refractivity contribution in [1.29, 1.82) is 0 Å². The Bertz CT molecular complexity index is 961. The summed E-state index contributed by atoms with van der Waals surface area (Å²) in [6, 6.07) is 7.04. The van der Waals surface area contributed by atoms with E-state index >= 15 is 0 Å². The van der Waals surface area contributed by atoms with Crippen LogP contribution in [-0.2, 0) is 9.53 Å². The molecule has 0 atom stereocenters. The zero-order chi connectivity index (χ0) is 20.3. The molecule has 9 nitrogen and oxygen atoms in total. The van der Waals surface area contributed by atoms with Crippen LogP contribution < -0.4 is 14.8 Å². The number of nitrogens with zero attached hydrogens (tertiary/aromatic N) is 1. The molecule has 0 saturated heterocycles. The Morgan fingerprint density at radius 1 is 1.25 bits per heavy atom. The zero-order valence-electron chi connectivity index (χ0n) is 14.7. The number of nitrogens with one attached hydrogen (secondary N) is 1. The first-order chi connectivity index (χ1) is 13.3. The van der Waals surface area contributed by atoms with Gasteiger partial charge >= 0.3 is 5.97 Å². The first-order valence-electron chi connectivity index (χ1n) is 8.16. The molecule has 1 aliphatic rings. The summed E-state index contributed by atoms with van der Waals surface area (Å²) in [5.41, 5.74) is 0.666. The zero-order valence-corrected chi connectivity index (χ0v) is 15.4. The monoisotopic (exact) mass is 406 g/mol. The average Bonchev–Trinajstić information content (AvgIpc) is 2.67. The topological polar surface area (TPSA) is 117 Å². The standard InChI is InChI=1S/C18H15ClN2O7/c1-10-2-3-12(8-14(10)21(24)25)20-16(22)9-28-18(23)11-6-13(19)17-15(7-11)26-4-5-27-17/h2-3,6-8H,4-5,9H2,1H3,(H,20,22). The molecule has 1 heterocycles. The maximum absolute atomic E-state index is 12.2. The molecule has 146 valence electrons. The molecule has 1 N–H and O–H groups in total. The van der Waals surface area contributed by atoms with Gasteiger partial charge in [-0.05, 0) is 25.1 Å². The largest absolute Gasteiger partial charge is 0.486 e. The smallest absolute Gasteiger partial charge is 0.338 e. The van der Waals surface area contributed by atoms with E-state index in [-0.39, 0.29) is 22.0 Å². The number of ether oxygens (including phenoxy) is 3. The number of carbonyl (C=O) groups is 2. The fourth-order valence-electron chi connectivity index (χ4n) is 2.52. The fourth-order valence-corrected chi connectivity index (χ4v) is 2.79. The fraction of sp³-hybridized carbons (Fsp3) is 0.222. The van der Waals surface area contributed by atoms with Gasteiger partial charge in [0.15, 0.2) is 18.1 Å². The van der Waals surface area contributed by atoms with Crippen molar-refractivity contribution in [3.63, 3.8) is 0 Å². The van der Waals surface area contributed by atoms with E-state index in [1.165, 1.54) is 30.3 Å². The summed E-state index contributed by atoms with van der Waals surface area (Å²) >= 11 is 6.07. The van der Waals surface area contributed by atoms with Gasteiger partial charge < -0.3 is 19.5 Å². The molecule has 1 amide bonds. The molecular formula is C18H15ClN2O7. The van der Waals surface area contributed by atoms with Crippen LogP contribution in [0.25, 0.3) is 0 Å². The highest BCUT2D eigenvalue weighted by Crippen LogP contribution is 2.38. The number of nitro benzene ring substituents is 1. The molecule has 0 radical (unpaired) electrons. The average molecular weight is 407 g/mol. The second kappa shape index (κ2) is 8.13. The molecule has 0 aromatic heterocycles. The van der Waals surface area contributed by atoms with Crippen molar-refractivity contribution in [3.05, 3.63) is 56.6 Å². The van der Waals surface area contributed by atoms with E-state index in [1.807, 2.05) is 0 Å². The Morgan fingerprint density at radius 2 is 2.00 bits per heavy atom. The summed E-state index contributed by atoms with van der Waals surface area (Å²) in [4.78, 5) is 34.6. The number of aryl methyl sites for hydroxylation is 1. The highest BCUT2D eigenvalue weighted by molar-refractivity contribution is 6.32. The predicted molar refractivity (Wildman–Crippen MR) is 99.2 cm³/mol. The van der Waals surface area contributed by atoms with Crippen molar-refractivity contribution >= 4 is 34.9 Å². The summed E-state index contributed by atoms with van der Waals surface area (Å²) in [6.45, 7) is 1.69. The number of hydrogen-bond acceptors (Lipinski definition) is 7. The van der Waals surface area contributed by atoms with Gasteiger partial charge in [0.2, 0.25) is 0 Å². The van der Waals surface area contributed by atoms with Gasteiger partial charge in [0.05, 0.1) is 15.5 Å². The van der Waals surface area contributed by atoms with Gasteiger partial charge in [-0.15, -0.1) is 0 Å². The second-order valence-electron chi connectivity index (χ2n) is 5.86. The van der Waals surface area contributed by atoms with E-state index < -0.39 is 23.4 Å². The van der Waals surface area contributed by atoms with E-state index in [1.54, 1.807) is 6.92 Å². The number of rotatable bonds is 5. The Kier molecular flexibility index (Phi) is 5.65. The van der Waals surface area contributed by atoms with Crippen LogP contribution in [0.2, 0.25) is 5.02 Å². The molecule has 0 spiro atoms.